The summed E-state index contributed by atoms with van der Waals surface area (Å²) in [7, 11) is -3.66. The lowest BCUT2D eigenvalue weighted by atomic mass is 10.4. The van der Waals surface area contributed by atoms with Gasteiger partial charge in [-0.2, -0.15) is 4.31 Å². The number of carbonyl (C=O) groups is 1. The molecule has 10 heteroatoms. The summed E-state index contributed by atoms with van der Waals surface area (Å²) in [4.78, 5) is 18.3. The molecule has 0 saturated carbocycles. The Kier molecular flexibility index (Phi) is 5.81. The highest BCUT2D eigenvalue weighted by atomic mass is 35.5. The zero-order valence-electron chi connectivity index (χ0n) is 14.2. The summed E-state index contributed by atoms with van der Waals surface area (Å²) in [6.07, 6.45) is 0. The maximum Gasteiger partial charge on any atom is 0.317 e. The number of amides is 2. The Hall–Kier alpha value is -1.68. The number of piperazine rings is 1. The largest absolute Gasteiger partial charge is 0.331 e. The second-order valence-corrected chi connectivity index (χ2v) is 9.12. The van der Waals surface area contributed by atoms with E-state index >= 15 is 0 Å². The van der Waals surface area contributed by atoms with Crippen LogP contribution < -0.4 is 5.32 Å². The molecule has 0 unspecified atom stereocenters. The summed E-state index contributed by atoms with van der Waals surface area (Å²) in [5.41, 5.74) is 0.928. The SMILES string of the molecule is Cc1csc(CNC(=O)N2CCN(S(=O)(=O)c3ccccc3Cl)CC2)n1. The van der Waals surface area contributed by atoms with Gasteiger partial charge in [0.1, 0.15) is 9.90 Å². The van der Waals surface area contributed by atoms with Gasteiger partial charge in [0.15, 0.2) is 0 Å². The van der Waals surface area contributed by atoms with Crippen LogP contribution in [0, 0.1) is 6.92 Å². The summed E-state index contributed by atoms with van der Waals surface area (Å²) in [5.74, 6) is 0. The van der Waals surface area contributed by atoms with Crippen molar-refractivity contribution in [3.05, 3.63) is 45.4 Å². The van der Waals surface area contributed by atoms with Crippen molar-refractivity contribution in [2.24, 2.45) is 0 Å². The molecule has 2 aromatic rings. The van der Waals surface area contributed by atoms with Gasteiger partial charge in [-0.15, -0.1) is 11.3 Å². The van der Waals surface area contributed by atoms with Crippen molar-refractivity contribution in [3.8, 4) is 0 Å². The molecule has 1 saturated heterocycles. The van der Waals surface area contributed by atoms with Crippen molar-refractivity contribution in [1.29, 1.82) is 0 Å². The molecule has 26 heavy (non-hydrogen) atoms. The maximum absolute atomic E-state index is 12.7. The van der Waals surface area contributed by atoms with E-state index in [1.807, 2.05) is 12.3 Å². The lowest BCUT2D eigenvalue weighted by molar-refractivity contribution is 0.172. The first kappa shape index (κ1) is 19.1. The van der Waals surface area contributed by atoms with E-state index in [2.05, 4.69) is 10.3 Å². The normalized spacial score (nSPS) is 15.8. The topological polar surface area (TPSA) is 82.6 Å². The number of halogens is 1. The van der Waals surface area contributed by atoms with Crippen LogP contribution in [0.4, 0.5) is 4.79 Å². The number of sulfonamides is 1. The van der Waals surface area contributed by atoms with Crippen LogP contribution in [0.5, 0.6) is 0 Å². The number of benzene rings is 1. The van der Waals surface area contributed by atoms with Crippen LogP contribution >= 0.6 is 22.9 Å². The fraction of sp³-hybridized carbons (Fsp3) is 0.375. The smallest absolute Gasteiger partial charge is 0.317 e. The molecule has 1 fully saturated rings. The molecule has 0 atom stereocenters. The summed E-state index contributed by atoms with van der Waals surface area (Å²) in [6, 6.07) is 6.16. The molecule has 2 heterocycles. The van der Waals surface area contributed by atoms with Gasteiger partial charge in [-0.3, -0.25) is 0 Å². The predicted octanol–water partition coefficient (Wildman–Crippen LogP) is 2.32. The minimum atomic E-state index is -3.66. The van der Waals surface area contributed by atoms with E-state index in [0.717, 1.165) is 10.7 Å². The molecule has 2 amide bonds. The molecule has 0 aliphatic carbocycles. The minimum absolute atomic E-state index is 0.0960. The zero-order valence-corrected chi connectivity index (χ0v) is 16.6. The molecule has 1 aromatic carbocycles. The summed E-state index contributed by atoms with van der Waals surface area (Å²) in [5, 5.41) is 5.80. The van der Waals surface area contributed by atoms with Crippen LogP contribution in [-0.2, 0) is 16.6 Å². The second-order valence-electron chi connectivity index (χ2n) is 5.86. The molecular formula is C16H19ClN4O3S2. The van der Waals surface area contributed by atoms with Crippen molar-refractivity contribution >= 4 is 39.0 Å². The van der Waals surface area contributed by atoms with Crippen molar-refractivity contribution < 1.29 is 13.2 Å². The first-order valence-electron chi connectivity index (χ1n) is 8.06. The fourth-order valence-electron chi connectivity index (χ4n) is 2.67. The average molecular weight is 415 g/mol. The molecule has 1 aliphatic rings. The summed E-state index contributed by atoms with van der Waals surface area (Å²) >= 11 is 7.52. The van der Waals surface area contributed by atoms with Crippen molar-refractivity contribution in [1.82, 2.24) is 19.5 Å². The number of thiazole rings is 1. The van der Waals surface area contributed by atoms with E-state index < -0.39 is 10.0 Å². The highest BCUT2D eigenvalue weighted by Crippen LogP contribution is 2.25. The first-order valence-corrected chi connectivity index (χ1v) is 10.8. The molecule has 1 aromatic heterocycles. The number of carbonyl (C=O) groups excluding carboxylic acids is 1. The molecule has 0 radical (unpaired) electrons. The predicted molar refractivity (Wildman–Crippen MR) is 101 cm³/mol. The van der Waals surface area contributed by atoms with Gasteiger partial charge in [0.2, 0.25) is 10.0 Å². The lowest BCUT2D eigenvalue weighted by Gasteiger charge is -2.34. The third-order valence-electron chi connectivity index (χ3n) is 4.04. The van der Waals surface area contributed by atoms with E-state index in [4.69, 9.17) is 11.6 Å². The standard InChI is InChI=1S/C16H19ClN4O3S2/c1-12-11-25-15(19-12)10-18-16(22)20-6-8-21(9-7-20)26(23,24)14-5-3-2-4-13(14)17/h2-5,11H,6-10H2,1H3,(H,18,22). The Morgan fingerprint density at radius 1 is 1.27 bits per heavy atom. The Balaban J connectivity index is 1.57. The minimum Gasteiger partial charge on any atom is -0.331 e. The van der Waals surface area contributed by atoms with Gasteiger partial charge in [0, 0.05) is 37.3 Å². The van der Waals surface area contributed by atoms with E-state index in [0.29, 0.717) is 19.6 Å². The molecule has 0 spiro atoms. The molecule has 3 rings (SSSR count). The molecule has 0 bridgehead atoms. The number of hydrogen-bond donors (Lipinski definition) is 1. The van der Waals surface area contributed by atoms with Crippen molar-refractivity contribution in [2.75, 3.05) is 26.2 Å². The monoisotopic (exact) mass is 414 g/mol. The van der Waals surface area contributed by atoms with Gasteiger partial charge in [-0.1, -0.05) is 23.7 Å². The van der Waals surface area contributed by atoms with E-state index in [-0.39, 0.29) is 29.0 Å². The van der Waals surface area contributed by atoms with Crippen LogP contribution in [-0.4, -0.2) is 54.8 Å². The number of rotatable bonds is 4. The third kappa shape index (κ3) is 4.17. The third-order valence-corrected chi connectivity index (χ3v) is 7.40. The zero-order chi connectivity index (χ0) is 18.7. The number of aryl methyl sites for hydroxylation is 1. The van der Waals surface area contributed by atoms with Gasteiger partial charge in [0.25, 0.3) is 0 Å². The van der Waals surface area contributed by atoms with Gasteiger partial charge < -0.3 is 10.2 Å². The van der Waals surface area contributed by atoms with Gasteiger partial charge in [-0.25, -0.2) is 18.2 Å². The summed E-state index contributed by atoms with van der Waals surface area (Å²) < 4.78 is 26.8. The summed E-state index contributed by atoms with van der Waals surface area (Å²) in [6.45, 7) is 3.39. The van der Waals surface area contributed by atoms with Crippen molar-refractivity contribution in [3.63, 3.8) is 0 Å². The number of hydrogen-bond acceptors (Lipinski definition) is 5. The Morgan fingerprint density at radius 2 is 1.96 bits per heavy atom. The highest BCUT2D eigenvalue weighted by molar-refractivity contribution is 7.89. The van der Waals surface area contributed by atoms with Crippen LogP contribution in [0.1, 0.15) is 10.7 Å². The number of nitrogens with one attached hydrogen (secondary N) is 1. The van der Waals surface area contributed by atoms with E-state index in [9.17, 15) is 13.2 Å². The van der Waals surface area contributed by atoms with Crippen LogP contribution in [0.2, 0.25) is 5.02 Å². The van der Waals surface area contributed by atoms with Crippen LogP contribution in [0.15, 0.2) is 34.5 Å². The number of aromatic nitrogens is 1. The number of urea groups is 1. The molecular weight excluding hydrogens is 396 g/mol. The average Bonchev–Trinajstić information content (AvgIpc) is 3.05. The molecule has 7 nitrogen and oxygen atoms in total. The van der Waals surface area contributed by atoms with Gasteiger partial charge >= 0.3 is 6.03 Å². The van der Waals surface area contributed by atoms with Crippen LogP contribution in [0.25, 0.3) is 0 Å². The maximum atomic E-state index is 12.7. The first-order chi connectivity index (χ1) is 12.4. The quantitative estimate of drug-likeness (QED) is 0.832. The lowest BCUT2D eigenvalue weighted by Crippen LogP contribution is -2.53. The Morgan fingerprint density at radius 3 is 2.58 bits per heavy atom. The molecule has 1 aliphatic heterocycles. The number of nitrogens with zero attached hydrogens (tertiary/aromatic N) is 3. The highest BCUT2D eigenvalue weighted by Gasteiger charge is 2.31. The van der Waals surface area contributed by atoms with Gasteiger partial charge in [0.05, 0.1) is 11.6 Å². The Bertz CT molecular complexity index is 892. The molecule has 140 valence electrons. The van der Waals surface area contributed by atoms with E-state index in [1.54, 1.807) is 23.1 Å². The fourth-order valence-corrected chi connectivity index (χ4v) is 5.30. The van der Waals surface area contributed by atoms with Crippen molar-refractivity contribution in [2.45, 2.75) is 18.4 Å². The van der Waals surface area contributed by atoms with Gasteiger partial charge in [-0.05, 0) is 19.1 Å². The second kappa shape index (κ2) is 7.91. The molecule has 1 N–H and O–H groups in total. The van der Waals surface area contributed by atoms with Crippen LogP contribution in [0.3, 0.4) is 0 Å². The van der Waals surface area contributed by atoms with E-state index in [1.165, 1.54) is 21.7 Å². The Labute approximate surface area is 161 Å².